The summed E-state index contributed by atoms with van der Waals surface area (Å²) >= 11 is 6.27. The Morgan fingerprint density at radius 1 is 1.08 bits per heavy atom. The maximum atomic E-state index is 12.1. The van der Waals surface area contributed by atoms with E-state index in [2.05, 4.69) is 0 Å². The molecular weight excluding hydrogens is 326 g/mol. The van der Waals surface area contributed by atoms with Crippen molar-refractivity contribution in [1.29, 1.82) is 0 Å². The van der Waals surface area contributed by atoms with Gasteiger partial charge in [-0.25, -0.2) is 0 Å². The number of hydrogen-bond acceptors (Lipinski definition) is 3. The van der Waals surface area contributed by atoms with Crippen LogP contribution in [0, 0.1) is 0 Å². The number of carbonyl (C=O) groups excluding carboxylic acids is 1. The van der Waals surface area contributed by atoms with Crippen LogP contribution in [0.15, 0.2) is 42.5 Å². The van der Waals surface area contributed by atoms with Crippen LogP contribution < -0.4 is 9.47 Å². The normalized spacial score (nSPS) is 10.3. The van der Waals surface area contributed by atoms with Crippen molar-refractivity contribution in [2.75, 3.05) is 26.8 Å². The van der Waals surface area contributed by atoms with E-state index in [4.69, 9.17) is 21.1 Å². The lowest BCUT2D eigenvalue weighted by molar-refractivity contribution is -0.132. The van der Waals surface area contributed by atoms with E-state index < -0.39 is 0 Å². The Bertz CT molecular complexity index is 699. The zero-order valence-electron chi connectivity index (χ0n) is 14.2. The van der Waals surface area contributed by atoms with Crippen molar-refractivity contribution in [3.8, 4) is 22.6 Å². The molecule has 128 valence electrons. The molecule has 0 aromatic heterocycles. The SMILES string of the molecule is CCN(CC)C(=O)COc1cc(OC)cc(-c2ccccc2Cl)c1. The molecule has 0 saturated carbocycles. The fourth-order valence-electron chi connectivity index (χ4n) is 2.44. The second-order valence-corrected chi connectivity index (χ2v) is 5.64. The molecule has 0 unspecified atom stereocenters. The monoisotopic (exact) mass is 347 g/mol. The molecule has 0 atom stereocenters. The topological polar surface area (TPSA) is 38.8 Å². The van der Waals surface area contributed by atoms with Gasteiger partial charge in [0.2, 0.25) is 0 Å². The first-order valence-electron chi connectivity index (χ1n) is 7.93. The molecule has 2 aromatic carbocycles. The van der Waals surface area contributed by atoms with Gasteiger partial charge in [-0.2, -0.15) is 0 Å². The van der Waals surface area contributed by atoms with Crippen molar-refractivity contribution in [1.82, 2.24) is 4.90 Å². The molecule has 0 aliphatic carbocycles. The molecular formula is C19H22ClNO3. The van der Waals surface area contributed by atoms with Gasteiger partial charge in [-0.05, 0) is 37.6 Å². The lowest BCUT2D eigenvalue weighted by Crippen LogP contribution is -2.34. The molecule has 0 heterocycles. The number of ether oxygens (including phenoxy) is 2. The van der Waals surface area contributed by atoms with Crippen LogP contribution in [-0.2, 0) is 4.79 Å². The third-order valence-corrected chi connectivity index (χ3v) is 4.11. The standard InChI is InChI=1S/C19H22ClNO3/c1-4-21(5-2)19(22)13-24-16-11-14(10-15(12-16)23-3)17-8-6-7-9-18(17)20/h6-12H,4-5,13H2,1-3H3. The highest BCUT2D eigenvalue weighted by atomic mass is 35.5. The van der Waals surface area contributed by atoms with Crippen LogP contribution in [0.2, 0.25) is 5.02 Å². The van der Waals surface area contributed by atoms with Gasteiger partial charge in [-0.1, -0.05) is 29.8 Å². The molecule has 0 bridgehead atoms. The Morgan fingerprint density at radius 3 is 2.38 bits per heavy atom. The van der Waals surface area contributed by atoms with Crippen molar-refractivity contribution >= 4 is 17.5 Å². The Kier molecular flexibility index (Phi) is 6.50. The lowest BCUT2D eigenvalue weighted by atomic mass is 10.1. The minimum absolute atomic E-state index is 0.00317. The fraction of sp³-hybridized carbons (Fsp3) is 0.316. The summed E-state index contributed by atoms with van der Waals surface area (Å²) in [6.45, 7) is 5.23. The van der Waals surface area contributed by atoms with E-state index >= 15 is 0 Å². The van der Waals surface area contributed by atoms with Crippen LogP contribution in [0.3, 0.4) is 0 Å². The molecule has 0 saturated heterocycles. The van der Waals surface area contributed by atoms with Crippen LogP contribution >= 0.6 is 11.6 Å². The van der Waals surface area contributed by atoms with E-state index in [9.17, 15) is 4.79 Å². The number of likely N-dealkylation sites (N-methyl/N-ethyl adjacent to an activating group) is 1. The number of halogens is 1. The number of carbonyl (C=O) groups is 1. The average molecular weight is 348 g/mol. The van der Waals surface area contributed by atoms with Gasteiger partial charge in [0.1, 0.15) is 11.5 Å². The predicted molar refractivity (Wildman–Crippen MR) is 96.9 cm³/mol. The Balaban J connectivity index is 2.23. The quantitative estimate of drug-likeness (QED) is 0.751. The first-order valence-corrected chi connectivity index (χ1v) is 8.31. The zero-order valence-corrected chi connectivity index (χ0v) is 15.0. The Morgan fingerprint density at radius 2 is 1.75 bits per heavy atom. The zero-order chi connectivity index (χ0) is 17.5. The minimum atomic E-state index is -0.0397. The van der Waals surface area contributed by atoms with Gasteiger partial charge in [0, 0.05) is 29.7 Å². The van der Waals surface area contributed by atoms with Gasteiger partial charge in [-0.3, -0.25) is 4.79 Å². The third kappa shape index (κ3) is 4.42. The highest BCUT2D eigenvalue weighted by Gasteiger charge is 2.12. The smallest absolute Gasteiger partial charge is 0.260 e. The first-order chi connectivity index (χ1) is 11.6. The number of nitrogens with zero attached hydrogens (tertiary/aromatic N) is 1. The minimum Gasteiger partial charge on any atom is -0.497 e. The number of rotatable bonds is 7. The van der Waals surface area contributed by atoms with Crippen LogP contribution in [-0.4, -0.2) is 37.6 Å². The van der Waals surface area contributed by atoms with E-state index in [0.717, 1.165) is 11.1 Å². The molecule has 1 amide bonds. The highest BCUT2D eigenvalue weighted by Crippen LogP contribution is 2.33. The van der Waals surface area contributed by atoms with E-state index in [-0.39, 0.29) is 12.5 Å². The van der Waals surface area contributed by atoms with Crippen LogP contribution in [0.4, 0.5) is 0 Å². The first kappa shape index (κ1) is 18.1. The number of hydrogen-bond donors (Lipinski definition) is 0. The van der Waals surface area contributed by atoms with Crippen molar-refractivity contribution in [3.63, 3.8) is 0 Å². The van der Waals surface area contributed by atoms with E-state index in [1.807, 2.05) is 50.2 Å². The molecule has 2 rings (SSSR count). The summed E-state index contributed by atoms with van der Waals surface area (Å²) in [4.78, 5) is 13.8. The second kappa shape index (κ2) is 8.60. The van der Waals surface area contributed by atoms with E-state index in [0.29, 0.717) is 29.6 Å². The maximum absolute atomic E-state index is 12.1. The molecule has 5 heteroatoms. The third-order valence-electron chi connectivity index (χ3n) is 3.78. The average Bonchev–Trinajstić information content (AvgIpc) is 2.61. The number of amides is 1. The van der Waals surface area contributed by atoms with Crippen molar-refractivity contribution < 1.29 is 14.3 Å². The number of benzene rings is 2. The summed E-state index contributed by atoms with van der Waals surface area (Å²) in [5, 5.41) is 0.649. The molecule has 0 aliphatic heterocycles. The molecule has 0 N–H and O–H groups in total. The summed E-state index contributed by atoms with van der Waals surface area (Å²) in [6, 6.07) is 13.1. The predicted octanol–water partition coefficient (Wildman–Crippen LogP) is 4.26. The molecule has 2 aromatic rings. The van der Waals surface area contributed by atoms with Gasteiger partial charge < -0.3 is 14.4 Å². The van der Waals surface area contributed by atoms with Crippen LogP contribution in [0.25, 0.3) is 11.1 Å². The molecule has 0 aliphatic rings. The van der Waals surface area contributed by atoms with E-state index in [1.54, 1.807) is 18.1 Å². The lowest BCUT2D eigenvalue weighted by Gasteiger charge is -2.19. The Labute approximate surface area is 147 Å². The van der Waals surface area contributed by atoms with Gasteiger partial charge in [-0.15, -0.1) is 0 Å². The van der Waals surface area contributed by atoms with Crippen LogP contribution in [0.5, 0.6) is 11.5 Å². The van der Waals surface area contributed by atoms with Crippen LogP contribution in [0.1, 0.15) is 13.8 Å². The second-order valence-electron chi connectivity index (χ2n) is 5.23. The fourth-order valence-corrected chi connectivity index (χ4v) is 2.68. The summed E-state index contributed by atoms with van der Waals surface area (Å²) < 4.78 is 11.0. The summed E-state index contributed by atoms with van der Waals surface area (Å²) in [5.41, 5.74) is 1.77. The molecule has 0 radical (unpaired) electrons. The van der Waals surface area contributed by atoms with Crippen molar-refractivity contribution in [2.45, 2.75) is 13.8 Å². The van der Waals surface area contributed by atoms with Gasteiger partial charge in [0.25, 0.3) is 5.91 Å². The summed E-state index contributed by atoms with van der Waals surface area (Å²) in [6.07, 6.45) is 0. The van der Waals surface area contributed by atoms with Gasteiger partial charge >= 0.3 is 0 Å². The Hall–Kier alpha value is -2.20. The van der Waals surface area contributed by atoms with Gasteiger partial charge in [0.15, 0.2) is 6.61 Å². The van der Waals surface area contributed by atoms with Gasteiger partial charge in [0.05, 0.1) is 7.11 Å². The number of methoxy groups -OCH3 is 1. The largest absolute Gasteiger partial charge is 0.497 e. The molecule has 0 fully saturated rings. The maximum Gasteiger partial charge on any atom is 0.260 e. The summed E-state index contributed by atoms with van der Waals surface area (Å²) in [5.74, 6) is 1.18. The van der Waals surface area contributed by atoms with Crippen molar-refractivity contribution in [3.05, 3.63) is 47.5 Å². The molecule has 0 spiro atoms. The molecule has 4 nitrogen and oxygen atoms in total. The highest BCUT2D eigenvalue weighted by molar-refractivity contribution is 6.33. The molecule has 24 heavy (non-hydrogen) atoms. The van der Waals surface area contributed by atoms with Crippen molar-refractivity contribution in [2.24, 2.45) is 0 Å². The summed E-state index contributed by atoms with van der Waals surface area (Å²) in [7, 11) is 1.59. The van der Waals surface area contributed by atoms with E-state index in [1.165, 1.54) is 0 Å².